The number of benzene rings is 1. The van der Waals surface area contributed by atoms with Crippen LogP contribution in [-0.4, -0.2) is 34.5 Å². The SMILES string of the molecule is O=C(O)c1ccc2nc(SCC3CCCO3)oc2c1. The van der Waals surface area contributed by atoms with Crippen molar-refractivity contribution in [3.63, 3.8) is 0 Å². The summed E-state index contributed by atoms with van der Waals surface area (Å²) >= 11 is 1.51. The summed E-state index contributed by atoms with van der Waals surface area (Å²) in [5.74, 6) is -0.148. The van der Waals surface area contributed by atoms with Crippen molar-refractivity contribution in [1.29, 1.82) is 0 Å². The molecular weight excluding hydrogens is 266 g/mol. The van der Waals surface area contributed by atoms with Crippen LogP contribution in [0.15, 0.2) is 27.8 Å². The number of aromatic nitrogens is 1. The number of fused-ring (bicyclic) bond motifs is 1. The van der Waals surface area contributed by atoms with Crippen LogP contribution in [0.4, 0.5) is 0 Å². The number of carboxylic acids is 1. The van der Waals surface area contributed by atoms with Crippen molar-refractivity contribution in [2.45, 2.75) is 24.2 Å². The van der Waals surface area contributed by atoms with Gasteiger partial charge in [0.2, 0.25) is 0 Å². The largest absolute Gasteiger partial charge is 0.478 e. The molecule has 2 aromatic rings. The van der Waals surface area contributed by atoms with Crippen LogP contribution in [0, 0.1) is 0 Å². The number of aromatic carboxylic acids is 1. The maximum absolute atomic E-state index is 10.9. The zero-order chi connectivity index (χ0) is 13.2. The maximum atomic E-state index is 10.9. The smallest absolute Gasteiger partial charge is 0.335 e. The number of thioether (sulfide) groups is 1. The van der Waals surface area contributed by atoms with Crippen molar-refractivity contribution < 1.29 is 19.1 Å². The van der Waals surface area contributed by atoms with Gasteiger partial charge in [-0.15, -0.1) is 0 Å². The molecule has 1 unspecified atom stereocenters. The molecule has 3 rings (SSSR count). The summed E-state index contributed by atoms with van der Waals surface area (Å²) in [6.07, 6.45) is 2.46. The molecule has 1 aliphatic rings. The first-order chi connectivity index (χ1) is 9.22. The van der Waals surface area contributed by atoms with Gasteiger partial charge in [0.25, 0.3) is 5.22 Å². The zero-order valence-electron chi connectivity index (χ0n) is 10.2. The number of hydrogen-bond acceptors (Lipinski definition) is 5. The Hall–Kier alpha value is -1.53. The molecule has 5 nitrogen and oxygen atoms in total. The van der Waals surface area contributed by atoms with Crippen molar-refractivity contribution in [2.24, 2.45) is 0 Å². The van der Waals surface area contributed by atoms with Crippen LogP contribution in [0.5, 0.6) is 0 Å². The van der Waals surface area contributed by atoms with E-state index in [4.69, 9.17) is 14.3 Å². The van der Waals surface area contributed by atoms with E-state index in [9.17, 15) is 4.79 Å². The summed E-state index contributed by atoms with van der Waals surface area (Å²) in [6.45, 7) is 0.834. The van der Waals surface area contributed by atoms with E-state index in [1.165, 1.54) is 23.9 Å². The number of hydrogen-bond donors (Lipinski definition) is 1. The Morgan fingerprint density at radius 1 is 1.53 bits per heavy atom. The third-order valence-electron chi connectivity index (χ3n) is 3.03. The lowest BCUT2D eigenvalue weighted by atomic mass is 10.2. The summed E-state index contributed by atoms with van der Waals surface area (Å²) in [5, 5.41) is 9.48. The van der Waals surface area contributed by atoms with Crippen molar-refractivity contribution >= 4 is 28.8 Å². The fourth-order valence-corrected chi connectivity index (χ4v) is 2.94. The molecule has 1 fully saturated rings. The normalized spacial score (nSPS) is 19.1. The minimum atomic E-state index is -0.966. The Balaban J connectivity index is 1.75. The second-order valence-corrected chi connectivity index (χ2v) is 5.38. The first kappa shape index (κ1) is 12.5. The topological polar surface area (TPSA) is 72.6 Å². The molecule has 0 bridgehead atoms. The molecule has 0 aliphatic carbocycles. The van der Waals surface area contributed by atoms with E-state index in [1.54, 1.807) is 6.07 Å². The zero-order valence-corrected chi connectivity index (χ0v) is 11.0. The van der Waals surface area contributed by atoms with Crippen LogP contribution in [-0.2, 0) is 4.74 Å². The lowest BCUT2D eigenvalue weighted by molar-refractivity contribution is 0.0697. The van der Waals surface area contributed by atoms with E-state index in [0.717, 1.165) is 25.2 Å². The van der Waals surface area contributed by atoms with Gasteiger partial charge in [-0.25, -0.2) is 9.78 Å². The fourth-order valence-electron chi connectivity index (χ4n) is 2.04. The predicted molar refractivity (Wildman–Crippen MR) is 70.7 cm³/mol. The molecule has 6 heteroatoms. The molecule has 1 N–H and O–H groups in total. The molecule has 0 saturated carbocycles. The number of ether oxygens (including phenoxy) is 1. The molecule has 1 aliphatic heterocycles. The average molecular weight is 279 g/mol. The third kappa shape index (κ3) is 2.74. The summed E-state index contributed by atoms with van der Waals surface area (Å²) in [7, 11) is 0. The van der Waals surface area contributed by atoms with Crippen LogP contribution < -0.4 is 0 Å². The second-order valence-electron chi connectivity index (χ2n) is 4.41. The average Bonchev–Trinajstić information content (AvgIpc) is 3.04. The predicted octanol–water partition coefficient (Wildman–Crippen LogP) is 2.80. The minimum absolute atomic E-state index is 0.208. The highest BCUT2D eigenvalue weighted by atomic mass is 32.2. The standard InChI is InChI=1S/C13H13NO4S/c15-12(16)8-3-4-10-11(6-8)18-13(14-10)19-7-9-2-1-5-17-9/h3-4,6,9H,1-2,5,7H2,(H,15,16). The lowest BCUT2D eigenvalue weighted by Crippen LogP contribution is -2.07. The lowest BCUT2D eigenvalue weighted by Gasteiger charge is -2.05. The van der Waals surface area contributed by atoms with Gasteiger partial charge in [0, 0.05) is 12.4 Å². The molecule has 100 valence electrons. The molecule has 1 aromatic carbocycles. The van der Waals surface area contributed by atoms with Gasteiger partial charge in [0.15, 0.2) is 5.58 Å². The van der Waals surface area contributed by atoms with Crippen molar-refractivity contribution in [3.8, 4) is 0 Å². The van der Waals surface area contributed by atoms with E-state index < -0.39 is 5.97 Å². The van der Waals surface area contributed by atoms with Crippen molar-refractivity contribution in [3.05, 3.63) is 23.8 Å². The van der Waals surface area contributed by atoms with Gasteiger partial charge in [-0.05, 0) is 31.0 Å². The fraction of sp³-hybridized carbons (Fsp3) is 0.385. The molecule has 0 radical (unpaired) electrons. The van der Waals surface area contributed by atoms with Crippen LogP contribution in [0.1, 0.15) is 23.2 Å². The monoisotopic (exact) mass is 279 g/mol. The summed E-state index contributed by atoms with van der Waals surface area (Å²) in [4.78, 5) is 15.2. The summed E-state index contributed by atoms with van der Waals surface area (Å²) in [5.41, 5.74) is 1.40. The van der Waals surface area contributed by atoms with Crippen LogP contribution in [0.25, 0.3) is 11.1 Å². The third-order valence-corrected chi connectivity index (χ3v) is 3.99. The number of oxazole rings is 1. The Labute approximate surface area is 114 Å². The van der Waals surface area contributed by atoms with E-state index in [2.05, 4.69) is 4.98 Å². The number of carbonyl (C=O) groups is 1. The molecule has 0 spiro atoms. The quantitative estimate of drug-likeness (QED) is 0.868. The Morgan fingerprint density at radius 3 is 3.16 bits per heavy atom. The van der Waals surface area contributed by atoms with E-state index in [-0.39, 0.29) is 11.7 Å². The Kier molecular flexibility index (Phi) is 3.44. The van der Waals surface area contributed by atoms with Crippen LogP contribution >= 0.6 is 11.8 Å². The van der Waals surface area contributed by atoms with Gasteiger partial charge in [-0.2, -0.15) is 0 Å². The molecule has 0 amide bonds. The summed E-state index contributed by atoms with van der Waals surface area (Å²) in [6, 6.07) is 4.70. The van der Waals surface area contributed by atoms with Gasteiger partial charge in [-0.1, -0.05) is 11.8 Å². The van der Waals surface area contributed by atoms with Gasteiger partial charge >= 0.3 is 5.97 Å². The first-order valence-corrected chi connectivity index (χ1v) is 7.09. The molecule has 2 heterocycles. The van der Waals surface area contributed by atoms with Crippen LogP contribution in [0.2, 0.25) is 0 Å². The molecule has 1 aromatic heterocycles. The van der Waals surface area contributed by atoms with Gasteiger partial charge in [0.1, 0.15) is 5.52 Å². The van der Waals surface area contributed by atoms with Crippen molar-refractivity contribution in [2.75, 3.05) is 12.4 Å². The molecular formula is C13H13NO4S. The van der Waals surface area contributed by atoms with Crippen LogP contribution in [0.3, 0.4) is 0 Å². The van der Waals surface area contributed by atoms with Gasteiger partial charge < -0.3 is 14.3 Å². The Bertz CT molecular complexity index is 604. The van der Waals surface area contributed by atoms with E-state index >= 15 is 0 Å². The first-order valence-electron chi connectivity index (χ1n) is 6.10. The highest BCUT2D eigenvalue weighted by Crippen LogP contribution is 2.27. The number of nitrogens with zero attached hydrogens (tertiary/aromatic N) is 1. The molecule has 1 saturated heterocycles. The van der Waals surface area contributed by atoms with E-state index in [1.807, 2.05) is 0 Å². The second kappa shape index (κ2) is 5.22. The summed E-state index contributed by atoms with van der Waals surface area (Å²) < 4.78 is 11.1. The Morgan fingerprint density at radius 2 is 2.42 bits per heavy atom. The number of rotatable bonds is 4. The van der Waals surface area contributed by atoms with Gasteiger partial charge in [0.05, 0.1) is 11.7 Å². The highest BCUT2D eigenvalue weighted by molar-refractivity contribution is 7.99. The molecule has 19 heavy (non-hydrogen) atoms. The van der Waals surface area contributed by atoms with Gasteiger partial charge in [-0.3, -0.25) is 0 Å². The van der Waals surface area contributed by atoms with Crippen molar-refractivity contribution in [1.82, 2.24) is 4.98 Å². The van der Waals surface area contributed by atoms with E-state index in [0.29, 0.717) is 16.3 Å². The number of carboxylic acid groups (broad SMARTS) is 1. The highest BCUT2D eigenvalue weighted by Gasteiger charge is 2.17. The minimum Gasteiger partial charge on any atom is -0.478 e. The molecule has 1 atom stereocenters. The maximum Gasteiger partial charge on any atom is 0.335 e.